The summed E-state index contributed by atoms with van der Waals surface area (Å²) in [5, 5.41) is 18.9. The molecular formula is C15H18BrNO3. The quantitative estimate of drug-likeness (QED) is 0.887. The summed E-state index contributed by atoms with van der Waals surface area (Å²) in [7, 11) is 0. The van der Waals surface area contributed by atoms with Crippen molar-refractivity contribution in [3.05, 3.63) is 33.8 Å². The Morgan fingerprint density at radius 2 is 2.15 bits per heavy atom. The minimum Gasteiger partial charge on any atom is -0.478 e. The van der Waals surface area contributed by atoms with Crippen molar-refractivity contribution in [1.82, 2.24) is 4.90 Å². The number of carbonyl (C=O) groups is 1. The van der Waals surface area contributed by atoms with E-state index in [2.05, 4.69) is 20.8 Å². The first-order chi connectivity index (χ1) is 9.54. The number of benzene rings is 1. The lowest BCUT2D eigenvalue weighted by Gasteiger charge is -2.19. The highest BCUT2D eigenvalue weighted by molar-refractivity contribution is 9.10. The zero-order valence-corrected chi connectivity index (χ0v) is 12.7. The number of carboxylic acids is 1. The van der Waals surface area contributed by atoms with Gasteiger partial charge in [0.15, 0.2) is 0 Å². The number of rotatable bonds is 3. The maximum atomic E-state index is 10.9. The molecular weight excluding hydrogens is 322 g/mol. The van der Waals surface area contributed by atoms with Gasteiger partial charge in [0.2, 0.25) is 0 Å². The number of hydrogen-bond donors (Lipinski definition) is 2. The smallest absolute Gasteiger partial charge is 0.335 e. The second kappa shape index (κ2) is 5.47. The van der Waals surface area contributed by atoms with E-state index in [1.54, 1.807) is 12.1 Å². The highest BCUT2D eigenvalue weighted by atomic mass is 79.9. The molecule has 1 aromatic carbocycles. The summed E-state index contributed by atoms with van der Waals surface area (Å²) in [6, 6.07) is 5.18. The average Bonchev–Trinajstić information content (AvgIpc) is 2.94. The van der Waals surface area contributed by atoms with Crippen molar-refractivity contribution in [2.24, 2.45) is 11.8 Å². The number of hydrogen-bond acceptors (Lipinski definition) is 3. The van der Waals surface area contributed by atoms with Crippen LogP contribution in [0.2, 0.25) is 0 Å². The minimum absolute atomic E-state index is 0.136. The molecule has 2 fully saturated rings. The Balaban J connectivity index is 1.68. The predicted molar refractivity (Wildman–Crippen MR) is 78.6 cm³/mol. The Labute approximate surface area is 126 Å². The van der Waals surface area contributed by atoms with E-state index in [9.17, 15) is 9.90 Å². The topological polar surface area (TPSA) is 60.8 Å². The van der Waals surface area contributed by atoms with Gasteiger partial charge in [-0.1, -0.05) is 22.0 Å². The number of fused-ring (bicyclic) bond motifs is 1. The Morgan fingerprint density at radius 3 is 2.80 bits per heavy atom. The molecule has 20 heavy (non-hydrogen) atoms. The molecule has 3 unspecified atom stereocenters. The van der Waals surface area contributed by atoms with E-state index in [0.29, 0.717) is 17.4 Å². The van der Waals surface area contributed by atoms with Gasteiger partial charge >= 0.3 is 5.97 Å². The molecule has 108 valence electrons. The number of likely N-dealkylation sites (tertiary alicyclic amines) is 1. The number of carboxylic acid groups (broad SMARTS) is 1. The standard InChI is InChI=1S/C15H18BrNO3/c16-13-5-9(15(19)20)1-2-11(13)7-17-6-10-3-4-14(18)12(10)8-17/h1-2,5,10,12,14,18H,3-4,6-8H2,(H,19,20). The third-order valence-electron chi connectivity index (χ3n) is 4.59. The molecule has 0 bridgehead atoms. The second-order valence-corrected chi connectivity index (χ2v) is 6.73. The fourth-order valence-electron chi connectivity index (χ4n) is 3.51. The van der Waals surface area contributed by atoms with E-state index in [4.69, 9.17) is 5.11 Å². The molecule has 1 saturated carbocycles. The van der Waals surface area contributed by atoms with Gasteiger partial charge in [0.05, 0.1) is 11.7 Å². The molecule has 1 aliphatic heterocycles. The van der Waals surface area contributed by atoms with Crippen LogP contribution in [0.15, 0.2) is 22.7 Å². The maximum Gasteiger partial charge on any atom is 0.335 e. The summed E-state index contributed by atoms with van der Waals surface area (Å²) in [6.45, 7) is 2.79. The fraction of sp³-hybridized carbons (Fsp3) is 0.533. The normalized spacial score (nSPS) is 29.6. The van der Waals surface area contributed by atoms with Crippen LogP contribution in [-0.4, -0.2) is 40.3 Å². The lowest BCUT2D eigenvalue weighted by molar-refractivity contribution is 0.0696. The van der Waals surface area contributed by atoms with Gasteiger partial charge in [-0.3, -0.25) is 4.90 Å². The lowest BCUT2D eigenvalue weighted by Crippen LogP contribution is -2.24. The van der Waals surface area contributed by atoms with Crippen LogP contribution in [0.5, 0.6) is 0 Å². The molecule has 1 aliphatic carbocycles. The van der Waals surface area contributed by atoms with Crippen LogP contribution in [0.3, 0.4) is 0 Å². The zero-order chi connectivity index (χ0) is 14.3. The number of aliphatic hydroxyl groups is 1. The molecule has 1 saturated heterocycles. The molecule has 5 heteroatoms. The minimum atomic E-state index is -0.906. The first-order valence-corrected chi connectivity index (χ1v) is 7.76. The van der Waals surface area contributed by atoms with Gasteiger partial charge in [-0.25, -0.2) is 4.79 Å². The molecule has 2 N–H and O–H groups in total. The Morgan fingerprint density at radius 1 is 1.35 bits per heavy atom. The predicted octanol–water partition coefficient (Wildman–Crippen LogP) is 2.35. The number of aromatic carboxylic acids is 1. The average molecular weight is 340 g/mol. The van der Waals surface area contributed by atoms with Crippen LogP contribution < -0.4 is 0 Å². The number of halogens is 1. The van der Waals surface area contributed by atoms with E-state index in [1.165, 1.54) is 0 Å². The lowest BCUT2D eigenvalue weighted by atomic mass is 10.00. The van der Waals surface area contributed by atoms with Crippen molar-refractivity contribution in [1.29, 1.82) is 0 Å². The summed E-state index contributed by atoms with van der Waals surface area (Å²) in [4.78, 5) is 13.3. The van der Waals surface area contributed by atoms with Crippen molar-refractivity contribution in [2.75, 3.05) is 13.1 Å². The van der Waals surface area contributed by atoms with Crippen LogP contribution in [0.4, 0.5) is 0 Å². The van der Waals surface area contributed by atoms with Crippen LogP contribution >= 0.6 is 15.9 Å². The molecule has 1 heterocycles. The van der Waals surface area contributed by atoms with Crippen molar-refractivity contribution in [2.45, 2.75) is 25.5 Å². The zero-order valence-electron chi connectivity index (χ0n) is 11.1. The van der Waals surface area contributed by atoms with Crippen LogP contribution in [-0.2, 0) is 6.54 Å². The van der Waals surface area contributed by atoms with Crippen LogP contribution in [0.1, 0.15) is 28.8 Å². The molecule has 0 aromatic heterocycles. The summed E-state index contributed by atoms with van der Waals surface area (Å²) in [5.74, 6) is 0.144. The van der Waals surface area contributed by atoms with Crippen molar-refractivity contribution in [3.63, 3.8) is 0 Å². The van der Waals surface area contributed by atoms with Crippen LogP contribution in [0, 0.1) is 11.8 Å². The molecule has 2 aliphatic rings. The van der Waals surface area contributed by atoms with Gasteiger partial charge in [-0.2, -0.15) is 0 Å². The molecule has 0 spiro atoms. The van der Waals surface area contributed by atoms with E-state index >= 15 is 0 Å². The summed E-state index contributed by atoms with van der Waals surface area (Å²) >= 11 is 3.46. The first kappa shape index (κ1) is 14.0. The highest BCUT2D eigenvalue weighted by Gasteiger charge is 2.41. The van der Waals surface area contributed by atoms with Crippen molar-refractivity contribution in [3.8, 4) is 0 Å². The van der Waals surface area contributed by atoms with E-state index in [0.717, 1.165) is 42.5 Å². The van der Waals surface area contributed by atoms with Crippen LogP contribution in [0.25, 0.3) is 0 Å². The van der Waals surface area contributed by atoms with Gasteiger partial charge in [0, 0.05) is 30.0 Å². The SMILES string of the molecule is O=C(O)c1ccc(CN2CC3CCC(O)C3C2)c(Br)c1. The Hall–Kier alpha value is -0.910. The van der Waals surface area contributed by atoms with Gasteiger partial charge in [0.1, 0.15) is 0 Å². The summed E-state index contributed by atoms with van der Waals surface area (Å²) in [5.41, 5.74) is 1.40. The first-order valence-electron chi connectivity index (χ1n) is 6.96. The second-order valence-electron chi connectivity index (χ2n) is 5.87. The number of nitrogens with zero attached hydrogens (tertiary/aromatic N) is 1. The summed E-state index contributed by atoms with van der Waals surface area (Å²) < 4.78 is 0.843. The molecule has 1 aromatic rings. The molecule has 3 atom stereocenters. The highest BCUT2D eigenvalue weighted by Crippen LogP contribution is 2.38. The third-order valence-corrected chi connectivity index (χ3v) is 5.33. The molecule has 4 nitrogen and oxygen atoms in total. The largest absolute Gasteiger partial charge is 0.478 e. The molecule has 0 amide bonds. The van der Waals surface area contributed by atoms with Gasteiger partial charge in [0.25, 0.3) is 0 Å². The summed E-state index contributed by atoms with van der Waals surface area (Å²) in [6.07, 6.45) is 1.93. The maximum absolute atomic E-state index is 10.9. The monoisotopic (exact) mass is 339 g/mol. The molecule has 3 rings (SSSR count). The fourth-order valence-corrected chi connectivity index (χ4v) is 4.01. The number of aliphatic hydroxyl groups excluding tert-OH is 1. The van der Waals surface area contributed by atoms with Gasteiger partial charge in [-0.15, -0.1) is 0 Å². The Bertz CT molecular complexity index is 534. The van der Waals surface area contributed by atoms with Crippen molar-refractivity contribution < 1.29 is 15.0 Å². The van der Waals surface area contributed by atoms with E-state index in [-0.39, 0.29) is 6.10 Å². The van der Waals surface area contributed by atoms with Crippen molar-refractivity contribution >= 4 is 21.9 Å². The van der Waals surface area contributed by atoms with Gasteiger partial charge < -0.3 is 10.2 Å². The Kier molecular flexibility index (Phi) is 3.84. The molecule has 0 radical (unpaired) electrons. The van der Waals surface area contributed by atoms with E-state index < -0.39 is 5.97 Å². The third kappa shape index (κ3) is 2.62. The van der Waals surface area contributed by atoms with E-state index in [1.807, 2.05) is 6.07 Å². The van der Waals surface area contributed by atoms with Gasteiger partial charge in [-0.05, 0) is 36.5 Å².